The first-order valence-corrected chi connectivity index (χ1v) is 10.2. The minimum Gasteiger partial charge on any atom is -0.244 e. The molecule has 0 saturated heterocycles. The van der Waals surface area contributed by atoms with Gasteiger partial charge in [0, 0.05) is 10.3 Å². The molecule has 1 atom stereocenters. The van der Waals surface area contributed by atoms with Gasteiger partial charge in [-0.05, 0) is 46.1 Å². The van der Waals surface area contributed by atoms with Crippen LogP contribution in [-0.2, 0) is 6.42 Å². The molecule has 3 heterocycles. The molecule has 0 radical (unpaired) electrons. The Kier molecular flexibility index (Phi) is 3.06. The number of halogens is 2. The molecule has 2 aromatic heterocycles. The second kappa shape index (κ2) is 4.90. The Morgan fingerprint density at radius 1 is 1.09 bits per heavy atom. The first-order valence-electron chi connectivity index (χ1n) is 6.82. The van der Waals surface area contributed by atoms with Crippen LogP contribution in [0.5, 0.6) is 0 Å². The van der Waals surface area contributed by atoms with E-state index in [1.54, 1.807) is 11.3 Å². The van der Waals surface area contributed by atoms with Crippen molar-refractivity contribution in [2.75, 3.05) is 0 Å². The van der Waals surface area contributed by atoms with Crippen LogP contribution in [-0.4, -0.2) is 14.1 Å². The smallest absolute Gasteiger partial charge is 0.0985 e. The Morgan fingerprint density at radius 2 is 1.82 bits per heavy atom. The van der Waals surface area contributed by atoms with Crippen molar-refractivity contribution >= 4 is 87.1 Å². The number of benzene rings is 2. The lowest BCUT2D eigenvalue weighted by atomic mass is 10.1. The van der Waals surface area contributed by atoms with Crippen LogP contribution in [0.25, 0.3) is 32.2 Å². The van der Waals surface area contributed by atoms with Crippen LogP contribution >= 0.6 is 55.0 Å². The quantitative estimate of drug-likeness (QED) is 0.237. The van der Waals surface area contributed by atoms with Crippen molar-refractivity contribution in [1.82, 2.24) is 9.97 Å². The number of rotatable bonds is 0. The number of aromatic nitrogens is 2. The maximum absolute atomic E-state index is 4.94. The van der Waals surface area contributed by atoms with Gasteiger partial charge >= 0.3 is 0 Å². The van der Waals surface area contributed by atoms with Crippen molar-refractivity contribution in [2.24, 2.45) is 0 Å². The van der Waals surface area contributed by atoms with E-state index in [1.165, 1.54) is 20.5 Å². The van der Waals surface area contributed by atoms with E-state index in [0.717, 1.165) is 32.3 Å². The molecule has 1 unspecified atom stereocenters. The van der Waals surface area contributed by atoms with Crippen LogP contribution in [0.15, 0.2) is 39.0 Å². The van der Waals surface area contributed by atoms with E-state index in [2.05, 4.69) is 37.9 Å². The Balaban J connectivity index is 2.05. The molecule has 0 aliphatic carbocycles. The van der Waals surface area contributed by atoms with E-state index >= 15 is 0 Å². The highest BCUT2D eigenvalue weighted by Crippen LogP contribution is 2.50. The molecule has 1 aliphatic rings. The van der Waals surface area contributed by atoms with Gasteiger partial charge < -0.3 is 0 Å². The van der Waals surface area contributed by atoms with E-state index in [1.807, 2.05) is 36.0 Å². The van der Waals surface area contributed by atoms with Gasteiger partial charge in [0.2, 0.25) is 0 Å². The van der Waals surface area contributed by atoms with Crippen LogP contribution in [0.2, 0.25) is 0 Å². The number of alkyl halides is 1. The molecular weight excluding hydrogens is 444 g/mol. The first-order chi connectivity index (χ1) is 10.7. The summed E-state index contributed by atoms with van der Waals surface area (Å²) in [5.41, 5.74) is 5.34. The van der Waals surface area contributed by atoms with Crippen LogP contribution in [0, 0.1) is 0 Å². The van der Waals surface area contributed by atoms with Gasteiger partial charge in [-0.15, -0.1) is 23.1 Å². The van der Waals surface area contributed by atoms with Crippen molar-refractivity contribution in [3.63, 3.8) is 0 Å². The van der Waals surface area contributed by atoms with Gasteiger partial charge in [0.05, 0.1) is 34.7 Å². The topological polar surface area (TPSA) is 25.8 Å². The highest BCUT2D eigenvalue weighted by atomic mass is 79.9. The molecule has 1 aliphatic heterocycles. The Labute approximate surface area is 151 Å². The second-order valence-electron chi connectivity index (χ2n) is 5.24. The minimum absolute atomic E-state index is 0.422. The fourth-order valence-corrected chi connectivity index (χ4v) is 6.76. The van der Waals surface area contributed by atoms with Crippen molar-refractivity contribution < 1.29 is 0 Å². The largest absolute Gasteiger partial charge is 0.244 e. The number of fused-ring (bicyclic) bond motifs is 7. The summed E-state index contributed by atoms with van der Waals surface area (Å²) < 4.78 is 2.89. The molecule has 0 N–H and O–H groups in total. The molecule has 0 amide bonds. The maximum atomic E-state index is 4.94. The number of nitrogens with zero attached hydrogens (tertiary/aromatic N) is 2. The molecule has 6 heteroatoms. The van der Waals surface area contributed by atoms with Gasteiger partial charge in [-0.25, -0.2) is 9.97 Å². The van der Waals surface area contributed by atoms with Crippen LogP contribution in [0.3, 0.4) is 0 Å². The Hall–Kier alpha value is -0.690. The van der Waals surface area contributed by atoms with E-state index in [4.69, 9.17) is 9.97 Å². The van der Waals surface area contributed by atoms with Gasteiger partial charge in [0.1, 0.15) is 0 Å². The standard InChI is InChI=1S/C16H8Br2N2S2/c17-11-5-7-13-14(20-10-4-2-1-3-9(10)19-13)8-6-12(18)22-16(8)15(7)21-11/h1-5,12H,6H2. The van der Waals surface area contributed by atoms with Gasteiger partial charge in [0.25, 0.3) is 0 Å². The lowest BCUT2D eigenvalue weighted by Crippen LogP contribution is -1.94. The Bertz CT molecular complexity index is 1070. The van der Waals surface area contributed by atoms with Crippen molar-refractivity contribution in [1.29, 1.82) is 0 Å². The molecule has 2 nitrogen and oxygen atoms in total. The number of thioether (sulfide) groups is 1. The summed E-state index contributed by atoms with van der Waals surface area (Å²) in [4.78, 5) is 11.2. The highest BCUT2D eigenvalue weighted by Gasteiger charge is 2.28. The normalized spacial score (nSPS) is 17.6. The molecule has 0 fully saturated rings. The molecule has 2 aromatic carbocycles. The summed E-state index contributed by atoms with van der Waals surface area (Å²) >= 11 is 11.1. The fourth-order valence-electron chi connectivity index (χ4n) is 2.99. The van der Waals surface area contributed by atoms with E-state index in [9.17, 15) is 0 Å². The zero-order valence-corrected chi connectivity index (χ0v) is 15.9. The summed E-state index contributed by atoms with van der Waals surface area (Å²) in [5.74, 6) is 0. The summed E-state index contributed by atoms with van der Waals surface area (Å²) in [6.45, 7) is 0. The fraction of sp³-hybridized carbons (Fsp3) is 0.125. The van der Waals surface area contributed by atoms with Crippen LogP contribution < -0.4 is 0 Å². The number of hydrogen-bond acceptors (Lipinski definition) is 4. The SMILES string of the molecule is Brc1cc2c(s1)c1c(c3nc4ccccc4nc32)CC(Br)S1. The van der Waals surface area contributed by atoms with Gasteiger partial charge in [0.15, 0.2) is 0 Å². The summed E-state index contributed by atoms with van der Waals surface area (Å²) in [5, 5.41) is 1.21. The molecule has 0 saturated carbocycles. The molecule has 0 spiro atoms. The molecule has 4 aromatic rings. The second-order valence-corrected chi connectivity index (χ2v) is 10.6. The maximum Gasteiger partial charge on any atom is 0.0985 e. The van der Waals surface area contributed by atoms with Gasteiger partial charge in [-0.3, -0.25) is 0 Å². The van der Waals surface area contributed by atoms with Gasteiger partial charge in [-0.2, -0.15) is 0 Å². The van der Waals surface area contributed by atoms with E-state index in [-0.39, 0.29) is 0 Å². The van der Waals surface area contributed by atoms with Crippen molar-refractivity contribution in [3.8, 4) is 0 Å². The predicted molar refractivity (Wildman–Crippen MR) is 102 cm³/mol. The zero-order chi connectivity index (χ0) is 14.8. The van der Waals surface area contributed by atoms with Crippen molar-refractivity contribution in [3.05, 3.63) is 39.7 Å². The molecule has 5 rings (SSSR count). The highest BCUT2D eigenvalue weighted by molar-refractivity contribution is 9.11. The van der Waals surface area contributed by atoms with E-state index < -0.39 is 0 Å². The monoisotopic (exact) mass is 450 g/mol. The lowest BCUT2D eigenvalue weighted by Gasteiger charge is -2.07. The third kappa shape index (κ3) is 1.90. The number of thiophene rings is 1. The summed E-state index contributed by atoms with van der Waals surface area (Å²) in [7, 11) is 0. The molecule has 108 valence electrons. The van der Waals surface area contributed by atoms with E-state index in [0.29, 0.717) is 4.16 Å². The average Bonchev–Trinajstić information content (AvgIpc) is 3.08. The third-order valence-electron chi connectivity index (χ3n) is 3.90. The molecule has 22 heavy (non-hydrogen) atoms. The van der Waals surface area contributed by atoms with Crippen LogP contribution in [0.1, 0.15) is 5.56 Å². The summed E-state index contributed by atoms with van der Waals surface area (Å²) in [6, 6.07) is 10.3. The average molecular weight is 452 g/mol. The lowest BCUT2D eigenvalue weighted by molar-refractivity contribution is 1.13. The molecule has 0 bridgehead atoms. The minimum atomic E-state index is 0.422. The number of para-hydroxylation sites is 2. The third-order valence-corrected chi connectivity index (χ3v) is 7.68. The van der Waals surface area contributed by atoms with Gasteiger partial charge in [-0.1, -0.05) is 28.1 Å². The zero-order valence-electron chi connectivity index (χ0n) is 11.1. The predicted octanol–water partition coefficient (Wildman–Crippen LogP) is 6.13. The number of hydrogen-bond donors (Lipinski definition) is 0. The first kappa shape index (κ1) is 13.7. The van der Waals surface area contributed by atoms with Crippen molar-refractivity contribution in [2.45, 2.75) is 15.5 Å². The summed E-state index contributed by atoms with van der Waals surface area (Å²) in [6.07, 6.45) is 0.995. The molecular formula is C16H8Br2N2S2. The van der Waals surface area contributed by atoms with Crippen LogP contribution in [0.4, 0.5) is 0 Å². The Morgan fingerprint density at radius 3 is 2.59 bits per heavy atom.